The highest BCUT2D eigenvalue weighted by atomic mass is 35.5. The van der Waals surface area contributed by atoms with Gasteiger partial charge >= 0.3 is 0 Å². The summed E-state index contributed by atoms with van der Waals surface area (Å²) in [6, 6.07) is 5.23. The van der Waals surface area contributed by atoms with Crippen LogP contribution in [0.1, 0.15) is 0 Å². The van der Waals surface area contributed by atoms with Gasteiger partial charge in [-0.1, -0.05) is 6.07 Å². The Morgan fingerprint density at radius 1 is 0.833 bits per heavy atom. The van der Waals surface area contributed by atoms with E-state index in [2.05, 4.69) is 0 Å². The summed E-state index contributed by atoms with van der Waals surface area (Å²) in [4.78, 5) is -0.0856. The van der Waals surface area contributed by atoms with E-state index in [9.17, 15) is 16.8 Å². The molecule has 0 N–H and O–H groups in total. The van der Waals surface area contributed by atoms with E-state index in [1.54, 1.807) is 0 Å². The minimum atomic E-state index is -3.54. The minimum Gasteiger partial charge on any atom is -0.224 e. The molecule has 102 valence electrons. The molecular weight excluding hydrogens is 319 g/mol. The lowest BCUT2D eigenvalue weighted by atomic mass is 10.4. The maximum atomic E-state index is 11.8. The average molecular weight is 331 g/mol. The van der Waals surface area contributed by atoms with E-state index in [-0.39, 0.29) is 33.1 Å². The maximum Gasteiger partial charge on any atom is 0.179 e. The van der Waals surface area contributed by atoms with E-state index in [4.69, 9.17) is 23.2 Å². The van der Waals surface area contributed by atoms with Crippen molar-refractivity contribution < 1.29 is 16.8 Å². The normalized spacial score (nSPS) is 12.6. The molecule has 0 bridgehead atoms. The second kappa shape index (κ2) is 6.23. The van der Waals surface area contributed by atoms with Crippen LogP contribution in [0, 0.1) is 0 Å². The van der Waals surface area contributed by atoms with Crippen LogP contribution in [0.25, 0.3) is 0 Å². The fourth-order valence-corrected chi connectivity index (χ4v) is 4.66. The van der Waals surface area contributed by atoms with E-state index in [1.807, 2.05) is 0 Å². The van der Waals surface area contributed by atoms with Gasteiger partial charge in [-0.05, 0) is 18.2 Å². The number of hydrogen-bond acceptors (Lipinski definition) is 4. The second-order valence-corrected chi connectivity index (χ2v) is 8.46. The Labute approximate surface area is 117 Å². The van der Waals surface area contributed by atoms with Crippen LogP contribution in [0.15, 0.2) is 34.1 Å². The van der Waals surface area contributed by atoms with Gasteiger partial charge in [-0.15, -0.1) is 23.2 Å². The van der Waals surface area contributed by atoms with Crippen LogP contribution in [0.3, 0.4) is 0 Å². The first-order chi connectivity index (χ1) is 8.33. The Bertz CT molecular complexity index is 557. The predicted molar refractivity (Wildman–Crippen MR) is 72.0 cm³/mol. The zero-order chi connectivity index (χ0) is 13.8. The van der Waals surface area contributed by atoms with Crippen LogP contribution in [0.5, 0.6) is 0 Å². The zero-order valence-electron chi connectivity index (χ0n) is 9.34. The molecule has 18 heavy (non-hydrogen) atoms. The third-order valence-electron chi connectivity index (χ3n) is 2.22. The summed E-state index contributed by atoms with van der Waals surface area (Å²) >= 11 is 10.8. The lowest BCUT2D eigenvalue weighted by Crippen LogP contribution is -2.11. The van der Waals surface area contributed by atoms with E-state index in [0.29, 0.717) is 0 Å². The Kier molecular flexibility index (Phi) is 5.46. The molecule has 0 aliphatic heterocycles. The molecule has 0 aliphatic rings. The molecule has 4 nitrogen and oxygen atoms in total. The van der Waals surface area contributed by atoms with Crippen molar-refractivity contribution in [3.8, 4) is 0 Å². The first kappa shape index (κ1) is 15.8. The van der Waals surface area contributed by atoms with Gasteiger partial charge < -0.3 is 0 Å². The number of hydrogen-bond donors (Lipinski definition) is 0. The number of benzene rings is 1. The van der Waals surface area contributed by atoms with Crippen LogP contribution in [0.2, 0.25) is 0 Å². The zero-order valence-corrected chi connectivity index (χ0v) is 12.5. The molecule has 0 saturated carbocycles. The summed E-state index contributed by atoms with van der Waals surface area (Å²) < 4.78 is 47.1. The molecule has 1 rings (SSSR count). The lowest BCUT2D eigenvalue weighted by molar-refractivity contribution is 0.595. The van der Waals surface area contributed by atoms with Crippen LogP contribution >= 0.6 is 23.2 Å². The van der Waals surface area contributed by atoms with Gasteiger partial charge in [-0.2, -0.15) is 0 Å². The number of alkyl halides is 2. The molecular formula is C10H12Cl2O4S2. The van der Waals surface area contributed by atoms with E-state index in [0.717, 1.165) is 6.07 Å². The van der Waals surface area contributed by atoms with Crippen LogP contribution in [0.4, 0.5) is 0 Å². The number of rotatable bonds is 6. The Morgan fingerprint density at radius 3 is 1.56 bits per heavy atom. The summed E-state index contributed by atoms with van der Waals surface area (Å²) in [5.74, 6) is -0.539. The summed E-state index contributed by atoms with van der Waals surface area (Å²) in [5, 5.41) is 0. The van der Waals surface area contributed by atoms with E-state index >= 15 is 0 Å². The summed E-state index contributed by atoms with van der Waals surface area (Å²) in [5.41, 5.74) is 0. The molecule has 1 aromatic rings. The molecule has 0 atom stereocenters. The van der Waals surface area contributed by atoms with Crippen molar-refractivity contribution in [3.63, 3.8) is 0 Å². The fourth-order valence-electron chi connectivity index (χ4n) is 1.30. The highest BCUT2D eigenvalue weighted by molar-refractivity contribution is 7.92. The highest BCUT2D eigenvalue weighted by Crippen LogP contribution is 2.18. The summed E-state index contributed by atoms with van der Waals surface area (Å²) in [6.45, 7) is 0. The van der Waals surface area contributed by atoms with Crippen LogP contribution in [-0.2, 0) is 19.7 Å². The molecule has 0 heterocycles. The van der Waals surface area contributed by atoms with E-state index in [1.165, 1.54) is 18.2 Å². The first-order valence-electron chi connectivity index (χ1n) is 5.01. The molecule has 0 amide bonds. The minimum absolute atomic E-state index is 0.0407. The van der Waals surface area contributed by atoms with Crippen molar-refractivity contribution in [1.82, 2.24) is 0 Å². The smallest absolute Gasteiger partial charge is 0.179 e. The summed E-state index contributed by atoms with van der Waals surface area (Å²) in [7, 11) is -7.07. The maximum absolute atomic E-state index is 11.8. The second-order valence-electron chi connectivity index (χ2n) is 3.49. The Hall–Kier alpha value is -0.300. The van der Waals surface area contributed by atoms with Gasteiger partial charge in [0.15, 0.2) is 19.7 Å². The standard InChI is InChI=1S/C10H12Cl2O4S2/c11-4-6-17(13,14)9-2-1-3-10(8-9)18(15,16)7-5-12/h1-3,8H,4-7H2. The van der Waals surface area contributed by atoms with Gasteiger partial charge in [0.1, 0.15) is 0 Å². The van der Waals surface area contributed by atoms with Gasteiger partial charge in [-0.3, -0.25) is 0 Å². The number of sulfone groups is 2. The molecule has 8 heteroatoms. The Balaban J connectivity index is 3.23. The number of halogens is 2. The predicted octanol–water partition coefficient (Wildman–Crippen LogP) is 1.71. The van der Waals surface area contributed by atoms with Crippen LogP contribution in [-0.4, -0.2) is 40.1 Å². The molecule has 0 aromatic heterocycles. The van der Waals surface area contributed by atoms with Gasteiger partial charge in [0.25, 0.3) is 0 Å². The molecule has 0 saturated heterocycles. The molecule has 0 radical (unpaired) electrons. The fraction of sp³-hybridized carbons (Fsp3) is 0.400. The van der Waals surface area contributed by atoms with Gasteiger partial charge in [0.2, 0.25) is 0 Å². The van der Waals surface area contributed by atoms with Crippen molar-refractivity contribution in [2.75, 3.05) is 23.3 Å². The molecule has 0 spiro atoms. The Morgan fingerprint density at radius 2 is 1.22 bits per heavy atom. The van der Waals surface area contributed by atoms with Gasteiger partial charge in [0, 0.05) is 11.8 Å². The van der Waals surface area contributed by atoms with Crippen molar-refractivity contribution in [3.05, 3.63) is 24.3 Å². The first-order valence-corrected chi connectivity index (χ1v) is 9.38. The monoisotopic (exact) mass is 330 g/mol. The lowest BCUT2D eigenvalue weighted by Gasteiger charge is -2.06. The summed E-state index contributed by atoms with van der Waals surface area (Å²) in [6.07, 6.45) is 0. The topological polar surface area (TPSA) is 68.3 Å². The SMILES string of the molecule is O=S(=O)(CCCl)c1cccc(S(=O)(=O)CCCl)c1. The van der Waals surface area contributed by atoms with Gasteiger partial charge in [-0.25, -0.2) is 16.8 Å². The third kappa shape index (κ3) is 3.85. The van der Waals surface area contributed by atoms with E-state index < -0.39 is 19.7 Å². The van der Waals surface area contributed by atoms with Crippen LogP contribution < -0.4 is 0 Å². The molecule has 0 unspecified atom stereocenters. The third-order valence-corrected chi connectivity index (χ3v) is 6.47. The molecule has 0 fully saturated rings. The molecule has 1 aromatic carbocycles. The van der Waals surface area contributed by atoms with Crippen molar-refractivity contribution >= 4 is 42.9 Å². The van der Waals surface area contributed by atoms with Crippen molar-refractivity contribution in [2.45, 2.75) is 9.79 Å². The molecule has 0 aliphatic carbocycles. The average Bonchev–Trinajstić information content (AvgIpc) is 2.29. The largest absolute Gasteiger partial charge is 0.224 e. The highest BCUT2D eigenvalue weighted by Gasteiger charge is 2.18. The van der Waals surface area contributed by atoms with Gasteiger partial charge in [0.05, 0.1) is 21.3 Å². The van der Waals surface area contributed by atoms with Crippen molar-refractivity contribution in [2.24, 2.45) is 0 Å². The quantitative estimate of drug-likeness (QED) is 0.744. The van der Waals surface area contributed by atoms with Crippen molar-refractivity contribution in [1.29, 1.82) is 0 Å².